The average Bonchev–Trinajstić information content (AvgIpc) is 2.83. The lowest BCUT2D eigenvalue weighted by molar-refractivity contribution is -0.141. The summed E-state index contributed by atoms with van der Waals surface area (Å²) in [5.74, 6) is -1.52. The van der Waals surface area contributed by atoms with E-state index in [4.69, 9.17) is 23.2 Å². The van der Waals surface area contributed by atoms with Crippen LogP contribution in [0.2, 0.25) is 10.0 Å². The molecule has 1 amide bonds. The fraction of sp³-hybridized carbons (Fsp3) is 0.259. The normalized spacial score (nSPS) is 12.6. The largest absolute Gasteiger partial charge is 0.480 e. The average molecular weight is 499 g/mol. The smallest absolute Gasteiger partial charge is 0.326 e. The molecule has 0 fully saturated rings. The fourth-order valence-corrected chi connectivity index (χ4v) is 4.07. The lowest BCUT2D eigenvalue weighted by Crippen LogP contribution is -2.40. The number of amides is 1. The molecule has 0 radical (unpaired) electrons. The van der Waals surface area contributed by atoms with Crippen LogP contribution in [0.15, 0.2) is 60.7 Å². The Hall–Kier alpha value is -3.02. The third kappa shape index (κ3) is 5.72. The van der Waals surface area contributed by atoms with E-state index in [1.807, 2.05) is 49.4 Å². The Bertz CT molecular complexity index is 1210. The molecule has 0 aliphatic carbocycles. The van der Waals surface area contributed by atoms with Gasteiger partial charge in [-0.25, -0.2) is 4.79 Å². The number of carboxylic acid groups (broad SMARTS) is 1. The van der Waals surface area contributed by atoms with Crippen LogP contribution < -0.4 is 5.32 Å². The molecule has 34 heavy (non-hydrogen) atoms. The Morgan fingerprint density at radius 3 is 2.32 bits per heavy atom. The van der Waals surface area contributed by atoms with E-state index in [-0.39, 0.29) is 16.6 Å². The molecule has 2 unspecified atom stereocenters. The molecule has 7 heteroatoms. The van der Waals surface area contributed by atoms with Gasteiger partial charge in [0.15, 0.2) is 0 Å². The quantitative estimate of drug-likeness (QED) is 0.348. The van der Waals surface area contributed by atoms with Gasteiger partial charge in [-0.2, -0.15) is 0 Å². The number of hydrogen-bond donors (Lipinski definition) is 2. The minimum absolute atomic E-state index is 0.126. The van der Waals surface area contributed by atoms with Gasteiger partial charge in [-0.15, -0.1) is 0 Å². The number of hydrogen-bond acceptors (Lipinski definition) is 3. The van der Waals surface area contributed by atoms with Crippen molar-refractivity contribution in [3.63, 3.8) is 0 Å². The van der Waals surface area contributed by atoms with E-state index in [1.165, 1.54) is 19.5 Å². The van der Waals surface area contributed by atoms with Crippen molar-refractivity contribution in [2.75, 3.05) is 12.4 Å². The summed E-state index contributed by atoms with van der Waals surface area (Å²) in [6.07, 6.45) is 0.899. The number of carboxylic acids is 1. The summed E-state index contributed by atoms with van der Waals surface area (Å²) in [6, 6.07) is 18.4. The standard InChI is InChI=1S/C27H28Cl2N2O3/c1-5-25(20-10-12-23(28)16(2)13-20)30-21-8-6-7-18(14-21)19-9-11-22(24(29)15-19)26(32)31(4)17(3)27(33)34/h6-15,17,25,30H,5H2,1-4H3,(H,33,34). The summed E-state index contributed by atoms with van der Waals surface area (Å²) in [4.78, 5) is 25.1. The molecule has 5 nitrogen and oxygen atoms in total. The second kappa shape index (κ2) is 10.9. The topological polar surface area (TPSA) is 69.6 Å². The monoisotopic (exact) mass is 498 g/mol. The number of halogens is 2. The molecule has 2 N–H and O–H groups in total. The maximum atomic E-state index is 12.7. The van der Waals surface area contributed by atoms with Gasteiger partial charge in [-0.05, 0) is 72.9 Å². The van der Waals surface area contributed by atoms with Gasteiger partial charge >= 0.3 is 5.97 Å². The predicted octanol–water partition coefficient (Wildman–Crippen LogP) is 7.08. The molecule has 0 aliphatic rings. The van der Waals surface area contributed by atoms with Crippen molar-refractivity contribution in [3.8, 4) is 11.1 Å². The van der Waals surface area contributed by atoms with Gasteiger partial charge in [0.05, 0.1) is 16.6 Å². The van der Waals surface area contributed by atoms with Gasteiger partial charge in [-0.3, -0.25) is 4.79 Å². The molecule has 0 saturated heterocycles. The van der Waals surface area contributed by atoms with Crippen molar-refractivity contribution < 1.29 is 14.7 Å². The fourth-order valence-electron chi connectivity index (χ4n) is 3.70. The number of aliphatic carboxylic acids is 1. The zero-order valence-corrected chi connectivity index (χ0v) is 21.1. The summed E-state index contributed by atoms with van der Waals surface area (Å²) >= 11 is 12.6. The number of nitrogens with zero attached hydrogens (tertiary/aromatic N) is 1. The van der Waals surface area contributed by atoms with Crippen LogP contribution in [0.4, 0.5) is 5.69 Å². The van der Waals surface area contributed by atoms with Crippen LogP contribution >= 0.6 is 23.2 Å². The van der Waals surface area contributed by atoms with Crippen LogP contribution in [0, 0.1) is 6.92 Å². The number of anilines is 1. The zero-order chi connectivity index (χ0) is 25.0. The van der Waals surface area contributed by atoms with Crippen LogP contribution in [0.25, 0.3) is 11.1 Å². The summed E-state index contributed by atoms with van der Waals surface area (Å²) in [6.45, 7) is 5.58. The minimum Gasteiger partial charge on any atom is -0.480 e. The highest BCUT2D eigenvalue weighted by Crippen LogP contribution is 2.31. The Labute approximate surface area is 210 Å². The molecular weight excluding hydrogens is 471 g/mol. The molecule has 0 spiro atoms. The predicted molar refractivity (Wildman–Crippen MR) is 139 cm³/mol. The maximum Gasteiger partial charge on any atom is 0.326 e. The van der Waals surface area contributed by atoms with E-state index in [0.29, 0.717) is 0 Å². The highest BCUT2D eigenvalue weighted by atomic mass is 35.5. The maximum absolute atomic E-state index is 12.7. The van der Waals surface area contributed by atoms with Crippen LogP contribution in [-0.4, -0.2) is 35.0 Å². The van der Waals surface area contributed by atoms with Crippen LogP contribution in [-0.2, 0) is 4.79 Å². The number of rotatable bonds is 8. The Morgan fingerprint density at radius 1 is 1.00 bits per heavy atom. The van der Waals surface area contributed by atoms with E-state index < -0.39 is 17.9 Å². The van der Waals surface area contributed by atoms with Gasteiger partial charge in [0.25, 0.3) is 5.91 Å². The first-order valence-corrected chi connectivity index (χ1v) is 11.8. The first kappa shape index (κ1) is 25.6. The highest BCUT2D eigenvalue weighted by Gasteiger charge is 2.24. The molecule has 178 valence electrons. The molecule has 0 bridgehead atoms. The Balaban J connectivity index is 1.83. The third-order valence-electron chi connectivity index (χ3n) is 5.99. The van der Waals surface area contributed by atoms with Gasteiger partial charge < -0.3 is 15.3 Å². The number of aryl methyl sites for hydroxylation is 1. The van der Waals surface area contributed by atoms with E-state index in [1.54, 1.807) is 12.1 Å². The first-order chi connectivity index (χ1) is 16.1. The molecule has 0 aromatic heterocycles. The number of carbonyl (C=O) groups excluding carboxylic acids is 1. The molecule has 0 heterocycles. The van der Waals surface area contributed by atoms with E-state index in [9.17, 15) is 14.7 Å². The van der Waals surface area contributed by atoms with Crippen LogP contribution in [0.5, 0.6) is 0 Å². The van der Waals surface area contributed by atoms with E-state index in [2.05, 4.69) is 18.3 Å². The van der Waals surface area contributed by atoms with E-state index in [0.717, 1.165) is 38.7 Å². The number of carbonyl (C=O) groups is 2. The minimum atomic E-state index is -1.08. The lowest BCUT2D eigenvalue weighted by Gasteiger charge is -2.22. The Morgan fingerprint density at radius 2 is 1.71 bits per heavy atom. The molecule has 3 aromatic carbocycles. The molecule has 2 atom stereocenters. The lowest BCUT2D eigenvalue weighted by atomic mass is 10.0. The second-order valence-electron chi connectivity index (χ2n) is 8.32. The molecular formula is C27H28Cl2N2O3. The second-order valence-corrected chi connectivity index (χ2v) is 9.13. The zero-order valence-electron chi connectivity index (χ0n) is 19.6. The van der Waals surface area contributed by atoms with Crippen molar-refractivity contribution in [2.24, 2.45) is 0 Å². The van der Waals surface area contributed by atoms with Gasteiger partial charge in [0.1, 0.15) is 6.04 Å². The summed E-state index contributed by atoms with van der Waals surface area (Å²) in [7, 11) is 1.45. The SMILES string of the molecule is CCC(Nc1cccc(-c2ccc(C(=O)N(C)C(C)C(=O)O)c(Cl)c2)c1)c1ccc(Cl)c(C)c1. The van der Waals surface area contributed by atoms with Crippen molar-refractivity contribution in [2.45, 2.75) is 39.3 Å². The molecule has 0 aliphatic heterocycles. The number of nitrogens with one attached hydrogen (secondary N) is 1. The van der Waals surface area contributed by atoms with Gasteiger partial charge in [0.2, 0.25) is 0 Å². The van der Waals surface area contributed by atoms with Crippen molar-refractivity contribution in [1.82, 2.24) is 4.90 Å². The summed E-state index contributed by atoms with van der Waals surface area (Å²) < 4.78 is 0. The first-order valence-electron chi connectivity index (χ1n) is 11.0. The molecule has 3 aromatic rings. The summed E-state index contributed by atoms with van der Waals surface area (Å²) in [5, 5.41) is 13.8. The third-order valence-corrected chi connectivity index (χ3v) is 6.72. The molecule has 3 rings (SSSR count). The van der Waals surface area contributed by atoms with Gasteiger partial charge in [0, 0.05) is 17.8 Å². The van der Waals surface area contributed by atoms with Crippen LogP contribution in [0.1, 0.15) is 47.8 Å². The van der Waals surface area contributed by atoms with Crippen molar-refractivity contribution >= 4 is 40.8 Å². The van der Waals surface area contributed by atoms with Gasteiger partial charge in [-0.1, -0.05) is 60.5 Å². The number of likely N-dealkylation sites (N-methyl/N-ethyl adjacent to an activating group) is 1. The van der Waals surface area contributed by atoms with Crippen LogP contribution in [0.3, 0.4) is 0 Å². The molecule has 0 saturated carbocycles. The summed E-state index contributed by atoms with van der Waals surface area (Å²) in [5.41, 5.74) is 5.23. The van der Waals surface area contributed by atoms with Crippen molar-refractivity contribution in [3.05, 3.63) is 87.4 Å². The highest BCUT2D eigenvalue weighted by molar-refractivity contribution is 6.34. The Kier molecular flexibility index (Phi) is 8.24. The van der Waals surface area contributed by atoms with Crippen molar-refractivity contribution in [1.29, 1.82) is 0 Å². The number of benzene rings is 3. The van der Waals surface area contributed by atoms with E-state index >= 15 is 0 Å².